The van der Waals surface area contributed by atoms with Crippen LogP contribution in [0.15, 0.2) is 46.3 Å². The Morgan fingerprint density at radius 2 is 2.06 bits per heavy atom. The smallest absolute Gasteiger partial charge is 0.134 e. The van der Waals surface area contributed by atoms with E-state index in [9.17, 15) is 0 Å². The van der Waals surface area contributed by atoms with Gasteiger partial charge in [0.2, 0.25) is 0 Å². The maximum atomic E-state index is 6.01. The minimum absolute atomic E-state index is 0.0405. The van der Waals surface area contributed by atoms with Gasteiger partial charge in [-0.15, -0.1) is 11.3 Å². The van der Waals surface area contributed by atoms with Crippen molar-refractivity contribution < 1.29 is 4.74 Å². The zero-order valence-electron chi connectivity index (χ0n) is 9.30. The highest BCUT2D eigenvalue weighted by molar-refractivity contribution is 9.10. The molecule has 17 heavy (non-hydrogen) atoms. The van der Waals surface area contributed by atoms with Crippen molar-refractivity contribution in [1.82, 2.24) is 0 Å². The van der Waals surface area contributed by atoms with E-state index in [4.69, 9.17) is 10.5 Å². The molecule has 1 heterocycles. The molecular weight excluding hydrogens is 298 g/mol. The maximum absolute atomic E-state index is 6.01. The van der Waals surface area contributed by atoms with E-state index in [1.807, 2.05) is 30.3 Å². The van der Waals surface area contributed by atoms with Crippen LogP contribution in [0.4, 0.5) is 0 Å². The van der Waals surface area contributed by atoms with Crippen LogP contribution in [0.2, 0.25) is 0 Å². The van der Waals surface area contributed by atoms with Gasteiger partial charge in [0.05, 0.1) is 4.47 Å². The molecule has 0 saturated heterocycles. The van der Waals surface area contributed by atoms with E-state index in [1.165, 1.54) is 4.88 Å². The molecule has 0 bridgehead atoms. The van der Waals surface area contributed by atoms with Crippen molar-refractivity contribution in [3.05, 3.63) is 51.1 Å². The molecule has 0 aliphatic rings. The molecule has 0 amide bonds. The fourth-order valence-corrected chi connectivity index (χ4v) is 2.75. The van der Waals surface area contributed by atoms with Crippen LogP contribution < -0.4 is 10.5 Å². The second kappa shape index (κ2) is 6.19. The van der Waals surface area contributed by atoms with Crippen molar-refractivity contribution in [1.29, 1.82) is 0 Å². The van der Waals surface area contributed by atoms with Gasteiger partial charge in [-0.25, -0.2) is 0 Å². The van der Waals surface area contributed by atoms with Gasteiger partial charge < -0.3 is 10.5 Å². The summed E-state index contributed by atoms with van der Waals surface area (Å²) in [6, 6.07) is 12.0. The molecule has 0 aliphatic heterocycles. The summed E-state index contributed by atoms with van der Waals surface area (Å²) in [7, 11) is 0. The first kappa shape index (κ1) is 12.6. The first-order chi connectivity index (χ1) is 8.31. The first-order valence-corrected chi connectivity index (χ1v) is 7.13. The van der Waals surface area contributed by atoms with Gasteiger partial charge in [0.15, 0.2) is 0 Å². The zero-order chi connectivity index (χ0) is 12.1. The standard InChI is InChI=1S/C13H14BrNOS/c14-10-4-1-2-5-11(10)16-12(7-8-15)13-6-3-9-17-13/h1-6,9,12H,7-8,15H2. The van der Waals surface area contributed by atoms with Crippen molar-refractivity contribution in [3.8, 4) is 5.75 Å². The Kier molecular flexibility index (Phi) is 4.59. The summed E-state index contributed by atoms with van der Waals surface area (Å²) in [6.07, 6.45) is 0.862. The molecule has 2 N–H and O–H groups in total. The summed E-state index contributed by atoms with van der Waals surface area (Å²) in [5.74, 6) is 0.861. The van der Waals surface area contributed by atoms with Crippen molar-refractivity contribution in [3.63, 3.8) is 0 Å². The lowest BCUT2D eigenvalue weighted by molar-refractivity contribution is 0.200. The SMILES string of the molecule is NCCC(Oc1ccccc1Br)c1cccs1. The van der Waals surface area contributed by atoms with E-state index in [0.29, 0.717) is 6.54 Å². The number of para-hydroxylation sites is 1. The minimum atomic E-state index is 0.0405. The number of benzene rings is 1. The highest BCUT2D eigenvalue weighted by Crippen LogP contribution is 2.32. The minimum Gasteiger partial charge on any atom is -0.484 e. The van der Waals surface area contributed by atoms with Gasteiger partial charge in [-0.1, -0.05) is 18.2 Å². The molecule has 2 rings (SSSR count). The number of ether oxygens (including phenoxy) is 1. The molecule has 0 fully saturated rings. The van der Waals surface area contributed by atoms with Gasteiger partial charge in [0.1, 0.15) is 11.9 Å². The molecule has 4 heteroatoms. The number of hydrogen-bond acceptors (Lipinski definition) is 3. The zero-order valence-corrected chi connectivity index (χ0v) is 11.7. The van der Waals surface area contributed by atoms with Crippen LogP contribution in [0.25, 0.3) is 0 Å². The molecule has 1 aromatic heterocycles. The predicted octanol–water partition coefficient (Wildman–Crippen LogP) is 3.98. The third kappa shape index (κ3) is 3.31. The van der Waals surface area contributed by atoms with E-state index in [-0.39, 0.29) is 6.10 Å². The number of nitrogens with two attached hydrogens (primary N) is 1. The van der Waals surface area contributed by atoms with Crippen molar-refractivity contribution in [2.75, 3.05) is 6.54 Å². The van der Waals surface area contributed by atoms with E-state index in [2.05, 4.69) is 27.4 Å². The molecule has 2 nitrogen and oxygen atoms in total. The molecule has 0 spiro atoms. The number of halogens is 1. The Hall–Kier alpha value is -0.840. The topological polar surface area (TPSA) is 35.2 Å². The molecule has 0 aliphatic carbocycles. The Morgan fingerprint density at radius 1 is 1.24 bits per heavy atom. The lowest BCUT2D eigenvalue weighted by Crippen LogP contribution is -2.12. The Labute approximate surface area is 114 Å². The van der Waals surface area contributed by atoms with E-state index >= 15 is 0 Å². The summed E-state index contributed by atoms with van der Waals surface area (Å²) < 4.78 is 6.98. The van der Waals surface area contributed by atoms with Crippen molar-refractivity contribution in [2.24, 2.45) is 5.73 Å². The molecule has 1 aromatic carbocycles. The van der Waals surface area contributed by atoms with Gasteiger partial charge in [-0.2, -0.15) is 0 Å². The third-order valence-corrected chi connectivity index (χ3v) is 4.01. The molecule has 90 valence electrons. The van der Waals surface area contributed by atoms with Crippen LogP contribution in [0, 0.1) is 0 Å². The lowest BCUT2D eigenvalue weighted by Gasteiger charge is -2.18. The second-order valence-corrected chi connectivity index (χ2v) is 5.46. The van der Waals surface area contributed by atoms with Crippen LogP contribution in [0.5, 0.6) is 5.75 Å². The number of thiophene rings is 1. The van der Waals surface area contributed by atoms with Crippen LogP contribution in [-0.2, 0) is 0 Å². The highest BCUT2D eigenvalue weighted by Gasteiger charge is 2.14. The van der Waals surface area contributed by atoms with Gasteiger partial charge in [0.25, 0.3) is 0 Å². The van der Waals surface area contributed by atoms with Crippen molar-refractivity contribution in [2.45, 2.75) is 12.5 Å². The Balaban J connectivity index is 2.16. The predicted molar refractivity (Wildman–Crippen MR) is 75.5 cm³/mol. The second-order valence-electron chi connectivity index (χ2n) is 3.63. The fraction of sp³-hybridized carbons (Fsp3) is 0.231. The summed E-state index contributed by atoms with van der Waals surface area (Å²) in [4.78, 5) is 1.21. The lowest BCUT2D eigenvalue weighted by atomic mass is 10.2. The van der Waals surface area contributed by atoms with Crippen LogP contribution in [0.3, 0.4) is 0 Å². The van der Waals surface area contributed by atoms with E-state index in [0.717, 1.165) is 16.6 Å². The monoisotopic (exact) mass is 311 g/mol. The first-order valence-electron chi connectivity index (χ1n) is 5.46. The average molecular weight is 312 g/mol. The fourth-order valence-electron chi connectivity index (χ4n) is 1.58. The largest absolute Gasteiger partial charge is 0.484 e. The Bertz CT molecular complexity index is 458. The van der Waals surface area contributed by atoms with Gasteiger partial charge >= 0.3 is 0 Å². The van der Waals surface area contributed by atoms with E-state index in [1.54, 1.807) is 11.3 Å². The number of hydrogen-bond donors (Lipinski definition) is 1. The maximum Gasteiger partial charge on any atom is 0.134 e. The Morgan fingerprint density at radius 3 is 2.71 bits per heavy atom. The van der Waals surface area contributed by atoms with Crippen LogP contribution in [-0.4, -0.2) is 6.54 Å². The molecule has 2 aromatic rings. The normalized spacial score (nSPS) is 12.4. The molecule has 0 saturated carbocycles. The average Bonchev–Trinajstić information content (AvgIpc) is 2.85. The quantitative estimate of drug-likeness (QED) is 0.906. The third-order valence-electron chi connectivity index (χ3n) is 2.40. The summed E-state index contributed by atoms with van der Waals surface area (Å²) in [5, 5.41) is 2.06. The molecule has 0 radical (unpaired) electrons. The summed E-state index contributed by atoms with van der Waals surface area (Å²) in [5.41, 5.74) is 5.64. The van der Waals surface area contributed by atoms with Gasteiger partial charge in [0, 0.05) is 11.3 Å². The van der Waals surface area contributed by atoms with E-state index < -0.39 is 0 Å². The molecule has 1 atom stereocenters. The number of rotatable bonds is 5. The van der Waals surface area contributed by atoms with Gasteiger partial charge in [-0.3, -0.25) is 0 Å². The summed E-state index contributed by atoms with van der Waals surface area (Å²) >= 11 is 5.19. The van der Waals surface area contributed by atoms with Crippen LogP contribution >= 0.6 is 27.3 Å². The molecular formula is C13H14BrNOS. The highest BCUT2D eigenvalue weighted by atomic mass is 79.9. The van der Waals surface area contributed by atoms with Gasteiger partial charge in [-0.05, 0) is 46.1 Å². The molecule has 1 unspecified atom stereocenters. The van der Waals surface area contributed by atoms with Crippen molar-refractivity contribution >= 4 is 27.3 Å². The van der Waals surface area contributed by atoms with Crippen LogP contribution in [0.1, 0.15) is 17.4 Å². The summed E-state index contributed by atoms with van der Waals surface area (Å²) in [6.45, 7) is 0.618.